The maximum absolute atomic E-state index is 12.0. The molecular weight excluding hydrogens is 312 g/mol. The van der Waals surface area contributed by atoms with Crippen molar-refractivity contribution in [1.82, 2.24) is 5.32 Å². The second-order valence-corrected chi connectivity index (χ2v) is 6.30. The number of hydrogen-bond donors (Lipinski definition) is 3. The van der Waals surface area contributed by atoms with E-state index in [4.69, 9.17) is 5.73 Å². The van der Waals surface area contributed by atoms with E-state index >= 15 is 0 Å². The smallest absolute Gasteiger partial charge is 0.251 e. The number of guanidine groups is 1. The molecule has 0 saturated carbocycles. The fourth-order valence-corrected chi connectivity index (χ4v) is 2.40. The molecule has 0 atom stereocenters. The van der Waals surface area contributed by atoms with Crippen LogP contribution in [0.4, 0.5) is 5.69 Å². The zero-order chi connectivity index (χ0) is 18.2. The number of carbonyl (C=O) groups excluding carboxylic acids is 1. The number of amides is 1. The summed E-state index contributed by atoms with van der Waals surface area (Å²) < 4.78 is 0. The molecule has 0 aromatic heterocycles. The highest BCUT2D eigenvalue weighted by Crippen LogP contribution is 2.18. The summed E-state index contributed by atoms with van der Waals surface area (Å²) in [7, 11) is 0. The Labute approximate surface area is 149 Å². The van der Waals surface area contributed by atoms with Crippen molar-refractivity contribution >= 4 is 17.6 Å². The second-order valence-electron chi connectivity index (χ2n) is 6.30. The minimum Gasteiger partial charge on any atom is -0.370 e. The number of aliphatic imine (C=N–C) groups is 1. The van der Waals surface area contributed by atoms with Crippen molar-refractivity contribution in [3.63, 3.8) is 0 Å². The Morgan fingerprint density at radius 3 is 2.64 bits per heavy atom. The lowest BCUT2D eigenvalue weighted by Crippen LogP contribution is -2.28. The molecule has 2 rings (SSSR count). The second kappa shape index (κ2) is 8.87. The molecule has 0 heterocycles. The van der Waals surface area contributed by atoms with Gasteiger partial charge >= 0.3 is 0 Å². The fourth-order valence-electron chi connectivity index (χ4n) is 2.40. The van der Waals surface area contributed by atoms with Gasteiger partial charge in [-0.3, -0.25) is 9.79 Å². The van der Waals surface area contributed by atoms with Gasteiger partial charge in [-0.25, -0.2) is 0 Å². The van der Waals surface area contributed by atoms with Crippen LogP contribution in [-0.2, 0) is 0 Å². The molecule has 2 aromatic rings. The topological polar surface area (TPSA) is 79.5 Å². The van der Waals surface area contributed by atoms with Gasteiger partial charge < -0.3 is 16.4 Å². The molecule has 0 spiro atoms. The predicted molar refractivity (Wildman–Crippen MR) is 104 cm³/mol. The normalized spacial score (nSPS) is 11.4. The first-order valence-corrected chi connectivity index (χ1v) is 8.47. The van der Waals surface area contributed by atoms with Gasteiger partial charge in [0, 0.05) is 17.8 Å². The number of nitrogens with two attached hydrogens (primary N) is 1. The highest BCUT2D eigenvalue weighted by molar-refractivity contribution is 5.94. The average molecular weight is 338 g/mol. The van der Waals surface area contributed by atoms with Crippen LogP contribution in [0, 0.1) is 6.92 Å². The quantitative estimate of drug-likeness (QED) is 0.430. The minimum absolute atomic E-state index is 0.102. The third kappa shape index (κ3) is 5.95. The largest absolute Gasteiger partial charge is 0.370 e. The van der Waals surface area contributed by atoms with Crippen molar-refractivity contribution in [3.05, 3.63) is 65.2 Å². The van der Waals surface area contributed by atoms with Gasteiger partial charge in [-0.05, 0) is 42.7 Å². The van der Waals surface area contributed by atoms with Crippen LogP contribution in [0.25, 0.3) is 0 Å². The first-order valence-electron chi connectivity index (χ1n) is 8.47. The van der Waals surface area contributed by atoms with E-state index in [0.29, 0.717) is 30.5 Å². The van der Waals surface area contributed by atoms with Crippen molar-refractivity contribution < 1.29 is 4.79 Å². The molecule has 0 aliphatic carbocycles. The number of anilines is 1. The molecule has 0 radical (unpaired) electrons. The van der Waals surface area contributed by atoms with Crippen molar-refractivity contribution in [2.75, 3.05) is 18.4 Å². The van der Waals surface area contributed by atoms with E-state index in [9.17, 15) is 4.79 Å². The molecule has 0 aliphatic rings. The summed E-state index contributed by atoms with van der Waals surface area (Å²) in [4.78, 5) is 16.3. The molecule has 5 nitrogen and oxygen atoms in total. The van der Waals surface area contributed by atoms with E-state index in [0.717, 1.165) is 11.3 Å². The molecular formula is C20H26N4O. The van der Waals surface area contributed by atoms with Crippen molar-refractivity contribution in [2.24, 2.45) is 10.7 Å². The van der Waals surface area contributed by atoms with Gasteiger partial charge in [0.1, 0.15) is 0 Å². The fraction of sp³-hybridized carbons (Fsp3) is 0.300. The van der Waals surface area contributed by atoms with Gasteiger partial charge in [0.25, 0.3) is 5.91 Å². The maximum Gasteiger partial charge on any atom is 0.251 e. The Balaban J connectivity index is 1.81. The van der Waals surface area contributed by atoms with Gasteiger partial charge in [0.15, 0.2) is 5.96 Å². The lowest BCUT2D eigenvalue weighted by atomic mass is 10.0. The van der Waals surface area contributed by atoms with Crippen molar-refractivity contribution in [3.8, 4) is 0 Å². The van der Waals surface area contributed by atoms with Gasteiger partial charge in [-0.2, -0.15) is 0 Å². The highest BCUT2D eigenvalue weighted by atomic mass is 16.1. The SMILES string of the molecule is Cc1cccc(C(=O)NCCN=C(N)Nc2cccc(C(C)C)c2)c1. The summed E-state index contributed by atoms with van der Waals surface area (Å²) in [6.45, 7) is 7.10. The van der Waals surface area contributed by atoms with Crippen LogP contribution in [0.3, 0.4) is 0 Å². The molecule has 5 heteroatoms. The Morgan fingerprint density at radius 1 is 1.16 bits per heavy atom. The van der Waals surface area contributed by atoms with Gasteiger partial charge in [0.2, 0.25) is 0 Å². The summed E-state index contributed by atoms with van der Waals surface area (Å²) in [5.41, 5.74) is 9.77. The number of nitrogens with one attached hydrogen (secondary N) is 2. The van der Waals surface area contributed by atoms with Gasteiger partial charge in [-0.15, -0.1) is 0 Å². The number of hydrogen-bond acceptors (Lipinski definition) is 2. The number of benzene rings is 2. The molecule has 0 unspecified atom stereocenters. The summed E-state index contributed by atoms with van der Waals surface area (Å²) >= 11 is 0. The summed E-state index contributed by atoms with van der Waals surface area (Å²) in [5.74, 6) is 0.692. The average Bonchev–Trinajstić information content (AvgIpc) is 2.58. The lowest BCUT2D eigenvalue weighted by Gasteiger charge is -2.10. The van der Waals surface area contributed by atoms with E-state index in [-0.39, 0.29) is 5.91 Å². The molecule has 0 saturated heterocycles. The van der Waals surface area contributed by atoms with Crippen molar-refractivity contribution in [2.45, 2.75) is 26.7 Å². The summed E-state index contributed by atoms with van der Waals surface area (Å²) in [5, 5.41) is 5.92. The van der Waals surface area contributed by atoms with Crippen LogP contribution < -0.4 is 16.4 Å². The van der Waals surface area contributed by atoms with E-state index in [2.05, 4.69) is 41.6 Å². The van der Waals surface area contributed by atoms with E-state index in [1.165, 1.54) is 5.56 Å². The van der Waals surface area contributed by atoms with Crippen molar-refractivity contribution in [1.29, 1.82) is 0 Å². The van der Waals surface area contributed by atoms with E-state index in [1.54, 1.807) is 6.07 Å². The predicted octanol–water partition coefficient (Wildman–Crippen LogP) is 3.28. The zero-order valence-corrected chi connectivity index (χ0v) is 15.0. The number of rotatable bonds is 6. The molecule has 0 bridgehead atoms. The van der Waals surface area contributed by atoms with Gasteiger partial charge in [0.05, 0.1) is 6.54 Å². The zero-order valence-electron chi connectivity index (χ0n) is 15.0. The first kappa shape index (κ1) is 18.5. The standard InChI is InChI=1S/C20H26N4O/c1-14(2)16-7-5-9-18(13-16)24-20(21)23-11-10-22-19(25)17-8-4-6-15(3)12-17/h4-9,12-14H,10-11H2,1-3H3,(H,22,25)(H3,21,23,24). The molecule has 2 aromatic carbocycles. The molecule has 0 fully saturated rings. The monoisotopic (exact) mass is 338 g/mol. The Hall–Kier alpha value is -2.82. The molecule has 132 valence electrons. The van der Waals surface area contributed by atoms with E-state index in [1.807, 2.05) is 37.3 Å². The Bertz CT molecular complexity index is 753. The first-order chi connectivity index (χ1) is 12.0. The molecule has 0 aliphatic heterocycles. The maximum atomic E-state index is 12.0. The highest BCUT2D eigenvalue weighted by Gasteiger charge is 2.04. The van der Waals surface area contributed by atoms with Gasteiger partial charge in [-0.1, -0.05) is 43.7 Å². The van der Waals surface area contributed by atoms with Crippen LogP contribution in [0.5, 0.6) is 0 Å². The lowest BCUT2D eigenvalue weighted by molar-refractivity contribution is 0.0954. The Morgan fingerprint density at radius 2 is 1.92 bits per heavy atom. The number of carbonyl (C=O) groups is 1. The minimum atomic E-state index is -0.102. The van der Waals surface area contributed by atoms with E-state index < -0.39 is 0 Å². The van der Waals surface area contributed by atoms with Crippen LogP contribution in [0.15, 0.2) is 53.5 Å². The molecule has 1 amide bonds. The van der Waals surface area contributed by atoms with Crippen LogP contribution in [0.1, 0.15) is 41.3 Å². The van der Waals surface area contributed by atoms with Crippen LogP contribution in [0.2, 0.25) is 0 Å². The summed E-state index contributed by atoms with van der Waals surface area (Å²) in [6.07, 6.45) is 0. The van der Waals surface area contributed by atoms with Crippen LogP contribution in [-0.4, -0.2) is 25.0 Å². The summed E-state index contributed by atoms with van der Waals surface area (Å²) in [6, 6.07) is 15.6. The molecule has 25 heavy (non-hydrogen) atoms. The third-order valence-electron chi connectivity index (χ3n) is 3.79. The number of nitrogens with zero attached hydrogens (tertiary/aromatic N) is 1. The van der Waals surface area contributed by atoms with Crippen LogP contribution >= 0.6 is 0 Å². The third-order valence-corrected chi connectivity index (χ3v) is 3.79. The number of aryl methyl sites for hydroxylation is 1. The molecule has 4 N–H and O–H groups in total. The Kier molecular flexibility index (Phi) is 6.57.